The van der Waals surface area contributed by atoms with Crippen LogP contribution in [0.15, 0.2) is 75.1 Å². The largest absolute Gasteiger partial charge is 0.318 e. The second-order valence-electron chi connectivity index (χ2n) is 6.04. The van der Waals surface area contributed by atoms with Crippen molar-refractivity contribution in [3.63, 3.8) is 0 Å². The predicted molar refractivity (Wildman–Crippen MR) is 116 cm³/mol. The van der Waals surface area contributed by atoms with Gasteiger partial charge in [-0.15, -0.1) is 11.8 Å². The van der Waals surface area contributed by atoms with Gasteiger partial charge in [-0.3, -0.25) is 4.79 Å². The van der Waals surface area contributed by atoms with Gasteiger partial charge in [-0.1, -0.05) is 40.2 Å². The van der Waals surface area contributed by atoms with Crippen LogP contribution in [0.5, 0.6) is 0 Å². The fourth-order valence-electron chi connectivity index (χ4n) is 2.80. The molecule has 0 atom stereocenters. The topological polar surface area (TPSA) is 46.4 Å². The van der Waals surface area contributed by atoms with E-state index in [1.54, 1.807) is 6.21 Å². The van der Waals surface area contributed by atoms with Crippen LogP contribution in [0.1, 0.15) is 17.0 Å². The van der Waals surface area contributed by atoms with Gasteiger partial charge in [-0.05, 0) is 50.2 Å². The van der Waals surface area contributed by atoms with E-state index >= 15 is 0 Å². The number of carbonyl (C=O) groups is 1. The number of nitrogens with zero attached hydrogens (tertiary/aromatic N) is 2. The molecule has 4 nitrogen and oxygen atoms in total. The smallest absolute Gasteiger partial charge is 0.250 e. The van der Waals surface area contributed by atoms with E-state index in [9.17, 15) is 4.79 Å². The molecule has 1 amide bonds. The van der Waals surface area contributed by atoms with Crippen LogP contribution in [0.4, 0.5) is 0 Å². The third-order valence-corrected chi connectivity index (χ3v) is 5.55. The van der Waals surface area contributed by atoms with Crippen LogP contribution >= 0.6 is 27.7 Å². The summed E-state index contributed by atoms with van der Waals surface area (Å²) in [4.78, 5) is 13.0. The van der Waals surface area contributed by atoms with Crippen molar-refractivity contribution in [1.82, 2.24) is 9.99 Å². The summed E-state index contributed by atoms with van der Waals surface area (Å²) in [6.45, 7) is 4.10. The van der Waals surface area contributed by atoms with Crippen molar-refractivity contribution in [3.8, 4) is 5.69 Å². The number of benzene rings is 2. The first-order valence-corrected chi connectivity index (χ1v) is 10.3. The molecule has 3 aromatic rings. The second kappa shape index (κ2) is 9.06. The highest BCUT2D eigenvalue weighted by Gasteiger charge is 2.10. The van der Waals surface area contributed by atoms with Gasteiger partial charge in [0.05, 0.1) is 12.0 Å². The lowest BCUT2D eigenvalue weighted by atomic mass is 10.2. The van der Waals surface area contributed by atoms with Crippen molar-refractivity contribution in [2.45, 2.75) is 18.7 Å². The van der Waals surface area contributed by atoms with Gasteiger partial charge >= 0.3 is 0 Å². The lowest BCUT2D eigenvalue weighted by Gasteiger charge is -2.09. The molecule has 1 aromatic heterocycles. The molecular formula is C21H20BrN3OS. The summed E-state index contributed by atoms with van der Waals surface area (Å²) in [7, 11) is 0. The quantitative estimate of drug-likeness (QED) is 0.328. The van der Waals surface area contributed by atoms with Gasteiger partial charge in [0.15, 0.2) is 0 Å². The number of halogens is 1. The molecule has 0 saturated heterocycles. The lowest BCUT2D eigenvalue weighted by Crippen LogP contribution is -2.19. The maximum absolute atomic E-state index is 12.0. The van der Waals surface area contributed by atoms with E-state index in [1.165, 1.54) is 11.8 Å². The average molecular weight is 442 g/mol. The second-order valence-corrected chi connectivity index (χ2v) is 8.00. The molecular weight excluding hydrogens is 422 g/mol. The Morgan fingerprint density at radius 2 is 1.93 bits per heavy atom. The van der Waals surface area contributed by atoms with Crippen molar-refractivity contribution in [1.29, 1.82) is 0 Å². The number of hydrogen-bond donors (Lipinski definition) is 1. The Morgan fingerprint density at radius 1 is 1.15 bits per heavy atom. The zero-order valence-corrected chi connectivity index (χ0v) is 17.5. The van der Waals surface area contributed by atoms with Gasteiger partial charge < -0.3 is 4.57 Å². The first-order valence-electron chi connectivity index (χ1n) is 8.49. The van der Waals surface area contributed by atoms with E-state index in [0.717, 1.165) is 32.0 Å². The van der Waals surface area contributed by atoms with E-state index in [-0.39, 0.29) is 5.91 Å². The highest BCUT2D eigenvalue weighted by atomic mass is 79.9. The number of thioether (sulfide) groups is 1. The van der Waals surface area contributed by atoms with Crippen LogP contribution in [0.25, 0.3) is 5.69 Å². The zero-order chi connectivity index (χ0) is 19.2. The zero-order valence-electron chi connectivity index (χ0n) is 15.1. The number of rotatable bonds is 6. The average Bonchev–Trinajstić information content (AvgIpc) is 2.94. The Hall–Kier alpha value is -2.31. The number of aryl methyl sites for hydroxylation is 1. The summed E-state index contributed by atoms with van der Waals surface area (Å²) in [6.07, 6.45) is 1.70. The molecule has 0 saturated carbocycles. The van der Waals surface area contributed by atoms with Crippen molar-refractivity contribution in [3.05, 3.63) is 82.1 Å². The Labute approximate surface area is 171 Å². The first-order chi connectivity index (χ1) is 13.0. The molecule has 3 rings (SSSR count). The molecule has 0 bridgehead atoms. The maximum Gasteiger partial charge on any atom is 0.250 e. The minimum Gasteiger partial charge on any atom is -0.318 e. The number of hydrazone groups is 1. The molecule has 0 unspecified atom stereocenters. The third kappa shape index (κ3) is 5.11. The highest BCUT2D eigenvalue weighted by Crippen LogP contribution is 2.22. The van der Waals surface area contributed by atoms with Crippen LogP contribution in [0.3, 0.4) is 0 Å². The van der Waals surface area contributed by atoms with Crippen molar-refractivity contribution < 1.29 is 4.79 Å². The summed E-state index contributed by atoms with van der Waals surface area (Å²) in [5.74, 6) is 0.208. The first kappa shape index (κ1) is 19.5. The molecule has 2 aromatic carbocycles. The number of carbonyl (C=O) groups excluding carboxylic acids is 1. The van der Waals surface area contributed by atoms with Crippen LogP contribution in [0.2, 0.25) is 0 Å². The summed E-state index contributed by atoms with van der Waals surface area (Å²) >= 11 is 5.00. The standard InChI is InChI=1S/C21H20BrN3OS/c1-15-11-17(16(2)25(15)19-8-6-7-18(22)12-19)13-23-24-21(26)14-27-20-9-4-3-5-10-20/h3-13H,14H2,1-2H3,(H,24,26)/b23-13+. The number of nitrogens with one attached hydrogen (secondary N) is 1. The van der Waals surface area contributed by atoms with Gasteiger partial charge in [0.2, 0.25) is 5.91 Å². The molecule has 0 radical (unpaired) electrons. The third-order valence-electron chi connectivity index (χ3n) is 4.04. The summed E-state index contributed by atoms with van der Waals surface area (Å²) < 4.78 is 3.20. The van der Waals surface area contributed by atoms with E-state index in [2.05, 4.69) is 56.1 Å². The molecule has 138 valence electrons. The minimum absolute atomic E-state index is 0.124. The number of amides is 1. The van der Waals surface area contributed by atoms with E-state index in [4.69, 9.17) is 0 Å². The highest BCUT2D eigenvalue weighted by molar-refractivity contribution is 9.10. The van der Waals surface area contributed by atoms with E-state index in [0.29, 0.717) is 5.75 Å². The van der Waals surface area contributed by atoms with Crippen molar-refractivity contribution in [2.24, 2.45) is 5.10 Å². The van der Waals surface area contributed by atoms with Crippen molar-refractivity contribution >= 4 is 39.8 Å². The van der Waals surface area contributed by atoms with Crippen LogP contribution in [-0.2, 0) is 4.79 Å². The van der Waals surface area contributed by atoms with Crippen molar-refractivity contribution in [2.75, 3.05) is 5.75 Å². The van der Waals surface area contributed by atoms with Gasteiger partial charge in [-0.25, -0.2) is 5.43 Å². The molecule has 1 heterocycles. The van der Waals surface area contributed by atoms with E-state index < -0.39 is 0 Å². The van der Waals surface area contributed by atoms with Crippen LogP contribution < -0.4 is 5.43 Å². The maximum atomic E-state index is 12.0. The molecule has 0 aliphatic heterocycles. The SMILES string of the molecule is Cc1cc(/C=N/NC(=O)CSc2ccccc2)c(C)n1-c1cccc(Br)c1. The summed E-state index contributed by atoms with van der Waals surface area (Å²) in [6, 6.07) is 20.1. The molecule has 27 heavy (non-hydrogen) atoms. The van der Waals surface area contributed by atoms with Gasteiger partial charge in [0.25, 0.3) is 0 Å². The van der Waals surface area contributed by atoms with Crippen LogP contribution in [-0.4, -0.2) is 22.4 Å². The molecule has 0 fully saturated rings. The minimum atomic E-state index is -0.124. The number of hydrogen-bond acceptors (Lipinski definition) is 3. The van der Waals surface area contributed by atoms with E-state index in [1.807, 2.05) is 49.4 Å². The fourth-order valence-corrected chi connectivity index (χ4v) is 3.90. The Bertz CT molecular complexity index is 967. The molecule has 6 heteroatoms. The van der Waals surface area contributed by atoms with Gasteiger partial charge in [-0.2, -0.15) is 5.10 Å². The lowest BCUT2D eigenvalue weighted by molar-refractivity contribution is -0.118. The Balaban J connectivity index is 1.64. The summed E-state index contributed by atoms with van der Waals surface area (Å²) in [5.41, 5.74) is 6.84. The molecule has 0 spiro atoms. The molecule has 0 aliphatic carbocycles. The monoisotopic (exact) mass is 441 g/mol. The van der Waals surface area contributed by atoms with Crippen LogP contribution in [0, 0.1) is 13.8 Å². The van der Waals surface area contributed by atoms with Gasteiger partial charge in [0, 0.05) is 32.0 Å². The molecule has 1 N–H and O–H groups in total. The number of aromatic nitrogens is 1. The Kier molecular flexibility index (Phi) is 6.53. The fraction of sp³-hybridized carbons (Fsp3) is 0.143. The summed E-state index contributed by atoms with van der Waals surface area (Å²) in [5, 5.41) is 4.12. The van der Waals surface area contributed by atoms with Gasteiger partial charge in [0.1, 0.15) is 0 Å². The Morgan fingerprint density at radius 3 is 2.67 bits per heavy atom. The molecule has 0 aliphatic rings. The predicted octanol–water partition coefficient (Wildman–Crippen LogP) is 5.10. The normalized spacial score (nSPS) is 11.1.